The normalized spacial score (nSPS) is 26.4. The fourth-order valence-electron chi connectivity index (χ4n) is 1.42. The number of nitrogens with two attached hydrogens (primary N) is 1. The molecule has 5 nitrogen and oxygen atoms in total. The van der Waals surface area contributed by atoms with E-state index >= 15 is 0 Å². The van der Waals surface area contributed by atoms with Gasteiger partial charge in [0.1, 0.15) is 0 Å². The van der Waals surface area contributed by atoms with Crippen molar-refractivity contribution in [3.63, 3.8) is 0 Å². The van der Waals surface area contributed by atoms with Gasteiger partial charge in [-0.25, -0.2) is 0 Å². The third-order valence-corrected chi connectivity index (χ3v) is 2.35. The number of hydrogen-bond acceptors (Lipinski definition) is 4. The molecule has 1 aliphatic rings. The standard InChI is InChI=1S/C9H18N2O3/c10-8-6-14-5-7(8)9(13)11-3-1-2-4-12/h7-8,12H,1-6,10H2,(H,11,13). The Morgan fingerprint density at radius 2 is 2.29 bits per heavy atom. The summed E-state index contributed by atoms with van der Waals surface area (Å²) in [4.78, 5) is 11.5. The van der Waals surface area contributed by atoms with Gasteiger partial charge in [-0.1, -0.05) is 0 Å². The molecule has 1 heterocycles. The summed E-state index contributed by atoms with van der Waals surface area (Å²) in [5, 5.41) is 11.3. The van der Waals surface area contributed by atoms with E-state index in [4.69, 9.17) is 15.6 Å². The molecule has 0 bridgehead atoms. The van der Waals surface area contributed by atoms with E-state index in [9.17, 15) is 4.79 Å². The van der Waals surface area contributed by atoms with Crippen LogP contribution >= 0.6 is 0 Å². The van der Waals surface area contributed by atoms with E-state index in [1.807, 2.05) is 0 Å². The molecular weight excluding hydrogens is 184 g/mol. The van der Waals surface area contributed by atoms with E-state index < -0.39 is 0 Å². The maximum absolute atomic E-state index is 11.5. The minimum atomic E-state index is -0.205. The monoisotopic (exact) mass is 202 g/mol. The fraction of sp³-hybridized carbons (Fsp3) is 0.889. The Kier molecular flexibility index (Phi) is 4.86. The number of aliphatic hydroxyl groups excluding tert-OH is 1. The Labute approximate surface area is 83.6 Å². The number of amides is 1. The Hall–Kier alpha value is -0.650. The first-order valence-corrected chi connectivity index (χ1v) is 4.97. The average molecular weight is 202 g/mol. The van der Waals surface area contributed by atoms with Crippen molar-refractivity contribution in [1.82, 2.24) is 5.32 Å². The molecule has 2 unspecified atom stereocenters. The Bertz CT molecular complexity index is 187. The van der Waals surface area contributed by atoms with Gasteiger partial charge >= 0.3 is 0 Å². The van der Waals surface area contributed by atoms with Gasteiger partial charge in [-0.3, -0.25) is 4.79 Å². The third-order valence-electron chi connectivity index (χ3n) is 2.35. The number of aliphatic hydroxyl groups is 1. The van der Waals surface area contributed by atoms with Crippen molar-refractivity contribution >= 4 is 5.91 Å². The Balaban J connectivity index is 2.14. The zero-order chi connectivity index (χ0) is 10.4. The van der Waals surface area contributed by atoms with Crippen molar-refractivity contribution in [2.45, 2.75) is 18.9 Å². The predicted molar refractivity (Wildman–Crippen MR) is 51.6 cm³/mol. The second-order valence-corrected chi connectivity index (χ2v) is 3.53. The SMILES string of the molecule is NC1COCC1C(=O)NCCCCO. The fourth-order valence-corrected chi connectivity index (χ4v) is 1.42. The third kappa shape index (κ3) is 3.25. The van der Waals surface area contributed by atoms with Crippen LogP contribution in [0.3, 0.4) is 0 Å². The molecule has 82 valence electrons. The van der Waals surface area contributed by atoms with Crippen LogP contribution in [0.1, 0.15) is 12.8 Å². The number of carbonyl (C=O) groups excluding carboxylic acids is 1. The molecule has 0 aromatic carbocycles. The highest BCUT2D eigenvalue weighted by Gasteiger charge is 2.30. The van der Waals surface area contributed by atoms with Gasteiger partial charge in [0.2, 0.25) is 5.91 Å². The van der Waals surface area contributed by atoms with Crippen molar-refractivity contribution in [2.75, 3.05) is 26.4 Å². The highest BCUT2D eigenvalue weighted by molar-refractivity contribution is 5.79. The van der Waals surface area contributed by atoms with E-state index in [2.05, 4.69) is 5.32 Å². The van der Waals surface area contributed by atoms with Crippen LogP contribution in [0.15, 0.2) is 0 Å². The molecule has 1 saturated heterocycles. The molecule has 2 atom stereocenters. The molecule has 0 aromatic heterocycles. The molecule has 1 rings (SSSR count). The Morgan fingerprint density at radius 3 is 2.86 bits per heavy atom. The first kappa shape index (κ1) is 11.4. The number of unbranched alkanes of at least 4 members (excludes halogenated alkanes) is 1. The van der Waals surface area contributed by atoms with Crippen LogP contribution in [0.4, 0.5) is 0 Å². The van der Waals surface area contributed by atoms with Gasteiger partial charge in [0, 0.05) is 19.2 Å². The summed E-state index contributed by atoms with van der Waals surface area (Å²) in [6, 6.07) is -0.173. The van der Waals surface area contributed by atoms with Crippen LogP contribution in [0.5, 0.6) is 0 Å². The lowest BCUT2D eigenvalue weighted by molar-refractivity contribution is -0.125. The molecule has 1 aliphatic heterocycles. The number of hydrogen-bond donors (Lipinski definition) is 3. The van der Waals surface area contributed by atoms with E-state index in [1.54, 1.807) is 0 Å². The minimum absolute atomic E-state index is 0.0343. The summed E-state index contributed by atoms with van der Waals surface area (Å²) in [5.41, 5.74) is 5.68. The molecule has 5 heteroatoms. The highest BCUT2D eigenvalue weighted by atomic mass is 16.5. The largest absolute Gasteiger partial charge is 0.396 e. The lowest BCUT2D eigenvalue weighted by Crippen LogP contribution is -2.41. The van der Waals surface area contributed by atoms with Gasteiger partial charge in [0.15, 0.2) is 0 Å². The van der Waals surface area contributed by atoms with Crippen LogP contribution in [-0.4, -0.2) is 43.4 Å². The summed E-state index contributed by atoms with van der Waals surface area (Å²) < 4.78 is 5.09. The van der Waals surface area contributed by atoms with Crippen molar-refractivity contribution in [3.05, 3.63) is 0 Å². The maximum atomic E-state index is 11.5. The molecule has 14 heavy (non-hydrogen) atoms. The van der Waals surface area contributed by atoms with Gasteiger partial charge in [-0.05, 0) is 12.8 Å². The molecule has 1 fully saturated rings. The van der Waals surface area contributed by atoms with Gasteiger partial charge in [-0.2, -0.15) is 0 Å². The summed E-state index contributed by atoms with van der Waals surface area (Å²) in [6.07, 6.45) is 1.51. The molecule has 0 aliphatic carbocycles. The summed E-state index contributed by atoms with van der Waals surface area (Å²) in [5.74, 6) is -0.239. The Morgan fingerprint density at radius 1 is 1.50 bits per heavy atom. The van der Waals surface area contributed by atoms with Gasteiger partial charge in [-0.15, -0.1) is 0 Å². The maximum Gasteiger partial charge on any atom is 0.227 e. The number of carbonyl (C=O) groups is 1. The van der Waals surface area contributed by atoms with Gasteiger partial charge < -0.3 is 20.9 Å². The van der Waals surface area contributed by atoms with Crippen LogP contribution in [0.25, 0.3) is 0 Å². The topological polar surface area (TPSA) is 84.6 Å². The van der Waals surface area contributed by atoms with Crippen LogP contribution in [-0.2, 0) is 9.53 Å². The molecule has 0 spiro atoms. The minimum Gasteiger partial charge on any atom is -0.396 e. The first-order chi connectivity index (χ1) is 6.75. The molecule has 0 radical (unpaired) electrons. The zero-order valence-electron chi connectivity index (χ0n) is 8.24. The number of ether oxygens (including phenoxy) is 1. The van der Waals surface area contributed by atoms with Crippen LogP contribution in [0.2, 0.25) is 0 Å². The molecule has 4 N–H and O–H groups in total. The summed E-state index contributed by atoms with van der Waals surface area (Å²) in [7, 11) is 0. The van der Waals surface area contributed by atoms with Crippen LogP contribution in [0, 0.1) is 5.92 Å². The van der Waals surface area contributed by atoms with Gasteiger partial charge in [0.05, 0.1) is 19.1 Å². The number of nitrogens with one attached hydrogen (secondary N) is 1. The highest BCUT2D eigenvalue weighted by Crippen LogP contribution is 2.11. The van der Waals surface area contributed by atoms with E-state index in [0.29, 0.717) is 26.2 Å². The van der Waals surface area contributed by atoms with E-state index in [-0.39, 0.29) is 24.5 Å². The van der Waals surface area contributed by atoms with E-state index in [0.717, 1.165) is 6.42 Å². The van der Waals surface area contributed by atoms with Crippen molar-refractivity contribution in [1.29, 1.82) is 0 Å². The second kappa shape index (κ2) is 5.95. The zero-order valence-corrected chi connectivity index (χ0v) is 8.24. The lowest BCUT2D eigenvalue weighted by Gasteiger charge is -2.12. The quantitative estimate of drug-likeness (QED) is 0.491. The van der Waals surface area contributed by atoms with E-state index in [1.165, 1.54) is 0 Å². The van der Waals surface area contributed by atoms with Gasteiger partial charge in [0.25, 0.3) is 0 Å². The lowest BCUT2D eigenvalue weighted by atomic mass is 10.0. The van der Waals surface area contributed by atoms with Crippen molar-refractivity contribution in [2.24, 2.45) is 11.7 Å². The molecular formula is C9H18N2O3. The molecule has 0 saturated carbocycles. The van der Waals surface area contributed by atoms with Crippen molar-refractivity contribution in [3.8, 4) is 0 Å². The summed E-state index contributed by atoms with van der Waals surface area (Å²) >= 11 is 0. The molecule has 1 amide bonds. The summed E-state index contributed by atoms with van der Waals surface area (Å²) in [6.45, 7) is 1.66. The smallest absolute Gasteiger partial charge is 0.227 e. The second-order valence-electron chi connectivity index (χ2n) is 3.53. The molecule has 0 aromatic rings. The van der Waals surface area contributed by atoms with Crippen molar-refractivity contribution < 1.29 is 14.6 Å². The average Bonchev–Trinajstić information content (AvgIpc) is 2.59. The predicted octanol–water partition coefficient (Wildman–Crippen LogP) is -1.15. The number of rotatable bonds is 5. The van der Waals surface area contributed by atoms with Crippen LogP contribution < -0.4 is 11.1 Å². The first-order valence-electron chi connectivity index (χ1n) is 4.97.